The van der Waals surface area contributed by atoms with E-state index in [0.29, 0.717) is 12.1 Å². The summed E-state index contributed by atoms with van der Waals surface area (Å²) < 4.78 is 16.6. The Balaban J connectivity index is 1.80. The molecule has 0 bridgehead atoms. The third kappa shape index (κ3) is 4.90. The van der Waals surface area contributed by atoms with E-state index < -0.39 is 0 Å². The van der Waals surface area contributed by atoms with Crippen molar-refractivity contribution in [2.24, 2.45) is 0 Å². The lowest BCUT2D eigenvalue weighted by atomic mass is 10.00. The van der Waals surface area contributed by atoms with Crippen molar-refractivity contribution in [1.82, 2.24) is 5.32 Å². The molecule has 0 spiro atoms. The van der Waals surface area contributed by atoms with Crippen molar-refractivity contribution >= 4 is 0 Å². The third-order valence-corrected chi connectivity index (χ3v) is 3.67. The normalized spacial score (nSPS) is 17.4. The highest BCUT2D eigenvalue weighted by Gasteiger charge is 2.21. The second-order valence-electron chi connectivity index (χ2n) is 5.67. The van der Waals surface area contributed by atoms with Crippen LogP contribution >= 0.6 is 0 Å². The molecule has 0 aromatic heterocycles. The Bertz CT molecular complexity index is 434. The summed E-state index contributed by atoms with van der Waals surface area (Å²) in [4.78, 5) is 0. The molecule has 0 radical (unpaired) electrons. The third-order valence-electron chi connectivity index (χ3n) is 3.67. The molecule has 4 nitrogen and oxygen atoms in total. The molecule has 1 unspecified atom stereocenters. The maximum Gasteiger partial charge on any atom is 0.124 e. The number of nitrogens with one attached hydrogen (secondary N) is 1. The van der Waals surface area contributed by atoms with Gasteiger partial charge >= 0.3 is 0 Å². The van der Waals surface area contributed by atoms with E-state index in [1.807, 2.05) is 12.1 Å². The summed E-state index contributed by atoms with van der Waals surface area (Å²) in [7, 11) is 1.70. The number of benzene rings is 1. The van der Waals surface area contributed by atoms with Crippen LogP contribution in [0.1, 0.15) is 44.7 Å². The van der Waals surface area contributed by atoms with Crippen molar-refractivity contribution in [2.45, 2.75) is 45.3 Å². The van der Waals surface area contributed by atoms with Crippen LogP contribution in [-0.4, -0.2) is 33.0 Å². The number of ether oxygens (including phenoxy) is 3. The summed E-state index contributed by atoms with van der Waals surface area (Å²) in [6.07, 6.45) is 3.55. The minimum Gasteiger partial charge on any atom is -0.497 e. The second-order valence-corrected chi connectivity index (χ2v) is 5.67. The standard InChI is InChI=1S/C17H27NO3/c1-13(2)20-10-5-4-9-18-16-8-11-21-17-7-6-14(19-3)12-15(16)17/h6-7,12-13,16,18H,4-5,8-11H2,1-3H3. The molecule has 0 fully saturated rings. The molecule has 0 amide bonds. The Morgan fingerprint density at radius 1 is 1.33 bits per heavy atom. The maximum atomic E-state index is 5.71. The van der Waals surface area contributed by atoms with Crippen LogP contribution in [0.3, 0.4) is 0 Å². The average molecular weight is 293 g/mol. The molecule has 0 aliphatic carbocycles. The smallest absolute Gasteiger partial charge is 0.124 e. The minimum absolute atomic E-state index is 0.327. The highest BCUT2D eigenvalue weighted by atomic mass is 16.5. The molecule has 118 valence electrons. The van der Waals surface area contributed by atoms with Gasteiger partial charge in [0.1, 0.15) is 11.5 Å². The van der Waals surface area contributed by atoms with E-state index in [4.69, 9.17) is 14.2 Å². The quantitative estimate of drug-likeness (QED) is 0.746. The fourth-order valence-electron chi connectivity index (χ4n) is 2.53. The van der Waals surface area contributed by atoms with Crippen molar-refractivity contribution in [3.05, 3.63) is 23.8 Å². The lowest BCUT2D eigenvalue weighted by Gasteiger charge is -2.27. The largest absolute Gasteiger partial charge is 0.497 e. The first-order chi connectivity index (χ1) is 10.2. The first-order valence-corrected chi connectivity index (χ1v) is 7.86. The van der Waals surface area contributed by atoms with Gasteiger partial charge in [0.05, 0.1) is 19.8 Å². The number of hydrogen-bond donors (Lipinski definition) is 1. The van der Waals surface area contributed by atoms with Crippen molar-refractivity contribution < 1.29 is 14.2 Å². The van der Waals surface area contributed by atoms with E-state index in [0.717, 1.165) is 50.5 Å². The molecular formula is C17H27NO3. The van der Waals surface area contributed by atoms with Crippen LogP contribution in [0.2, 0.25) is 0 Å². The Kier molecular flexibility index (Phi) is 6.33. The van der Waals surface area contributed by atoms with Gasteiger partial charge in [0.15, 0.2) is 0 Å². The van der Waals surface area contributed by atoms with Gasteiger partial charge in [0, 0.05) is 24.6 Å². The van der Waals surface area contributed by atoms with Gasteiger partial charge in [-0.2, -0.15) is 0 Å². The number of rotatable bonds is 8. The fourth-order valence-corrected chi connectivity index (χ4v) is 2.53. The molecule has 1 aliphatic rings. The van der Waals surface area contributed by atoms with Crippen LogP contribution in [0.25, 0.3) is 0 Å². The molecule has 0 saturated heterocycles. The first-order valence-electron chi connectivity index (χ1n) is 7.86. The van der Waals surface area contributed by atoms with Crippen LogP contribution in [0, 0.1) is 0 Å². The van der Waals surface area contributed by atoms with Gasteiger partial charge in [0.2, 0.25) is 0 Å². The topological polar surface area (TPSA) is 39.7 Å². The maximum absolute atomic E-state index is 5.71. The van der Waals surface area contributed by atoms with Gasteiger partial charge in [-0.1, -0.05) is 0 Å². The highest BCUT2D eigenvalue weighted by molar-refractivity contribution is 5.43. The molecule has 21 heavy (non-hydrogen) atoms. The van der Waals surface area contributed by atoms with Gasteiger partial charge in [0.25, 0.3) is 0 Å². The zero-order valence-corrected chi connectivity index (χ0v) is 13.4. The molecule has 1 atom stereocenters. The first kappa shape index (κ1) is 16.1. The molecule has 1 aromatic rings. The summed E-state index contributed by atoms with van der Waals surface area (Å²) in [5, 5.41) is 3.63. The van der Waals surface area contributed by atoms with E-state index in [2.05, 4.69) is 25.2 Å². The van der Waals surface area contributed by atoms with Crippen LogP contribution in [-0.2, 0) is 4.74 Å². The van der Waals surface area contributed by atoms with E-state index in [-0.39, 0.29) is 0 Å². The van der Waals surface area contributed by atoms with Gasteiger partial charge in [-0.3, -0.25) is 0 Å². The zero-order valence-electron chi connectivity index (χ0n) is 13.4. The van der Waals surface area contributed by atoms with Crippen molar-refractivity contribution in [3.8, 4) is 11.5 Å². The summed E-state index contributed by atoms with van der Waals surface area (Å²) >= 11 is 0. The monoisotopic (exact) mass is 293 g/mol. The molecule has 0 saturated carbocycles. The van der Waals surface area contributed by atoms with Crippen LogP contribution in [0.15, 0.2) is 18.2 Å². The molecule has 1 aromatic carbocycles. The highest BCUT2D eigenvalue weighted by Crippen LogP contribution is 2.34. The summed E-state index contributed by atoms with van der Waals surface area (Å²) in [5.41, 5.74) is 1.21. The van der Waals surface area contributed by atoms with E-state index in [1.54, 1.807) is 7.11 Å². The van der Waals surface area contributed by atoms with Crippen molar-refractivity contribution in [1.29, 1.82) is 0 Å². The molecule has 1 aliphatic heterocycles. The van der Waals surface area contributed by atoms with E-state index >= 15 is 0 Å². The van der Waals surface area contributed by atoms with Gasteiger partial charge in [-0.25, -0.2) is 0 Å². The zero-order chi connectivity index (χ0) is 15.1. The van der Waals surface area contributed by atoms with Crippen molar-refractivity contribution in [3.63, 3.8) is 0 Å². The van der Waals surface area contributed by atoms with Crippen LogP contribution < -0.4 is 14.8 Å². The van der Waals surface area contributed by atoms with Crippen LogP contribution in [0.4, 0.5) is 0 Å². The van der Waals surface area contributed by atoms with Crippen molar-refractivity contribution in [2.75, 3.05) is 26.9 Å². The number of hydrogen-bond acceptors (Lipinski definition) is 4. The Labute approximate surface area is 127 Å². The lowest BCUT2D eigenvalue weighted by Crippen LogP contribution is -2.28. The van der Waals surface area contributed by atoms with Gasteiger partial charge in [-0.15, -0.1) is 0 Å². The number of fused-ring (bicyclic) bond motifs is 1. The molecular weight excluding hydrogens is 266 g/mol. The lowest BCUT2D eigenvalue weighted by molar-refractivity contribution is 0.0758. The van der Waals surface area contributed by atoms with E-state index in [9.17, 15) is 0 Å². The van der Waals surface area contributed by atoms with Gasteiger partial charge in [-0.05, 0) is 51.4 Å². The molecule has 2 rings (SSSR count). The summed E-state index contributed by atoms with van der Waals surface area (Å²) in [6, 6.07) is 6.38. The molecule has 1 heterocycles. The Morgan fingerprint density at radius 2 is 2.19 bits per heavy atom. The van der Waals surface area contributed by atoms with Gasteiger partial charge < -0.3 is 19.5 Å². The predicted octanol–water partition coefficient (Wildman–Crippen LogP) is 3.31. The average Bonchev–Trinajstić information content (AvgIpc) is 2.50. The molecule has 4 heteroatoms. The Hall–Kier alpha value is -1.26. The summed E-state index contributed by atoms with van der Waals surface area (Å²) in [5.74, 6) is 1.86. The van der Waals surface area contributed by atoms with E-state index in [1.165, 1.54) is 5.56 Å². The van der Waals surface area contributed by atoms with Crippen LogP contribution in [0.5, 0.6) is 11.5 Å². The Morgan fingerprint density at radius 3 is 2.95 bits per heavy atom. The SMILES string of the molecule is COc1ccc2c(c1)C(NCCCCOC(C)C)CCO2. The fraction of sp³-hybridized carbons (Fsp3) is 0.647. The second kappa shape index (κ2) is 8.25. The number of unbranched alkanes of at least 4 members (excludes halogenated alkanes) is 1. The number of methoxy groups -OCH3 is 1. The predicted molar refractivity (Wildman–Crippen MR) is 84.2 cm³/mol. The summed E-state index contributed by atoms with van der Waals surface area (Å²) in [6.45, 7) is 6.77. The molecule has 1 N–H and O–H groups in total. The minimum atomic E-state index is 0.327.